The van der Waals surface area contributed by atoms with Gasteiger partial charge in [-0.05, 0) is 0 Å². The van der Waals surface area contributed by atoms with Crippen LogP contribution in [-0.4, -0.2) is 29.3 Å². The van der Waals surface area contributed by atoms with E-state index in [0.717, 1.165) is 34.2 Å². The molecule has 0 aromatic carbocycles. The van der Waals surface area contributed by atoms with Gasteiger partial charge in [-0.1, -0.05) is 0 Å². The van der Waals surface area contributed by atoms with E-state index < -0.39 is 4.09 Å². The van der Waals surface area contributed by atoms with Gasteiger partial charge in [0.25, 0.3) is 0 Å². The maximum atomic E-state index is 4.73. The van der Waals surface area contributed by atoms with E-state index >= 15 is 0 Å². The van der Waals surface area contributed by atoms with Gasteiger partial charge < -0.3 is 0 Å². The summed E-state index contributed by atoms with van der Waals surface area (Å²) in [5, 5.41) is 14.2. The van der Waals surface area contributed by atoms with Gasteiger partial charge in [0.1, 0.15) is 0 Å². The van der Waals surface area contributed by atoms with E-state index in [1.807, 2.05) is 34.8 Å². The van der Waals surface area contributed by atoms with Crippen LogP contribution in [0.5, 0.6) is 0 Å². The normalized spacial score (nSPS) is 12.0. The van der Waals surface area contributed by atoms with Crippen molar-refractivity contribution in [3.05, 3.63) is 52.4 Å². The molecule has 0 aliphatic carbocycles. The summed E-state index contributed by atoms with van der Waals surface area (Å²) in [6, 6.07) is 6.24. The van der Waals surface area contributed by atoms with E-state index in [-0.39, 0.29) is 0 Å². The Morgan fingerprint density at radius 3 is 1.09 bits per heavy atom. The van der Waals surface area contributed by atoms with Crippen molar-refractivity contribution in [2.45, 2.75) is 45.6 Å². The molecule has 3 heterocycles. The van der Waals surface area contributed by atoms with Gasteiger partial charge in [-0.25, -0.2) is 0 Å². The number of rotatable bonds is 3. The molecule has 0 saturated carbocycles. The Hall–Kier alpha value is -1.66. The Morgan fingerprint density at radius 2 is 0.913 bits per heavy atom. The predicted molar refractivity (Wildman–Crippen MR) is 83.9 cm³/mol. The van der Waals surface area contributed by atoms with Gasteiger partial charge in [0.05, 0.1) is 0 Å². The molecule has 0 saturated heterocycles. The van der Waals surface area contributed by atoms with Crippen LogP contribution < -0.4 is 0 Å². The monoisotopic (exact) mass is 345 g/mol. The fraction of sp³-hybridized carbons (Fsp3) is 0.438. The second-order valence-corrected chi connectivity index (χ2v) is 7.20. The Labute approximate surface area is 147 Å². The van der Waals surface area contributed by atoms with Gasteiger partial charge >= 0.3 is 148 Å². The van der Waals surface area contributed by atoms with Crippen LogP contribution in [0.2, 0.25) is 0 Å². The van der Waals surface area contributed by atoms with Crippen molar-refractivity contribution in [3.8, 4) is 0 Å². The summed E-state index contributed by atoms with van der Waals surface area (Å²) in [7, 11) is 0. The molecule has 0 amide bonds. The van der Waals surface area contributed by atoms with Crippen molar-refractivity contribution < 1.29 is 20.4 Å². The molecular weight excluding hydrogens is 324 g/mol. The molecule has 0 unspecified atom stereocenters. The third-order valence-electron chi connectivity index (χ3n) is 3.91. The molecule has 0 aliphatic rings. The summed E-state index contributed by atoms with van der Waals surface area (Å²) in [4.78, 5) is 0. The summed E-state index contributed by atoms with van der Waals surface area (Å²) < 4.78 is 5.33. The van der Waals surface area contributed by atoms with Gasteiger partial charge in [-0.2, -0.15) is 0 Å². The number of nitrogens with zero attached hydrogens (tertiary/aromatic N) is 6. The van der Waals surface area contributed by atoms with Crippen LogP contribution in [0.15, 0.2) is 18.2 Å². The number of aryl methyl sites for hydroxylation is 6. The van der Waals surface area contributed by atoms with Crippen LogP contribution in [0, 0.1) is 41.5 Å². The molecule has 0 bridgehead atoms. The van der Waals surface area contributed by atoms with Crippen LogP contribution in [0.25, 0.3) is 0 Å². The summed E-state index contributed by atoms with van der Waals surface area (Å²) in [6.45, 7) is 12.2. The number of hydrogen-bond acceptors (Lipinski definition) is 3. The quantitative estimate of drug-likeness (QED) is 0.685. The molecule has 0 atom stereocenters. The number of hydrogen-bond donors (Lipinski definition) is 0. The predicted octanol–water partition coefficient (Wildman–Crippen LogP) is 2.34. The molecule has 0 aliphatic heterocycles. The topological polar surface area (TPSA) is 53.5 Å². The van der Waals surface area contributed by atoms with Crippen molar-refractivity contribution in [1.29, 1.82) is 0 Å². The van der Waals surface area contributed by atoms with Gasteiger partial charge in [0.15, 0.2) is 0 Å². The molecular formula is C16H21N6Ti. The van der Waals surface area contributed by atoms with Crippen LogP contribution in [0.1, 0.15) is 34.2 Å². The summed E-state index contributed by atoms with van der Waals surface area (Å²) in [5.74, 6) is 0. The first kappa shape index (κ1) is 16.2. The van der Waals surface area contributed by atoms with E-state index in [2.05, 4.69) is 59.4 Å². The Balaban J connectivity index is 2.36. The zero-order valence-corrected chi connectivity index (χ0v) is 16.0. The van der Waals surface area contributed by atoms with Crippen molar-refractivity contribution in [3.63, 3.8) is 0 Å². The minimum absolute atomic E-state index is 0.672. The summed E-state index contributed by atoms with van der Waals surface area (Å²) in [6.07, 6.45) is 0. The van der Waals surface area contributed by atoms with Crippen LogP contribution in [0.4, 0.5) is 0 Å². The molecule has 3 aromatic rings. The van der Waals surface area contributed by atoms with Gasteiger partial charge in [0.2, 0.25) is 0 Å². The molecule has 119 valence electrons. The van der Waals surface area contributed by atoms with E-state index in [1.54, 1.807) is 0 Å². The zero-order chi connectivity index (χ0) is 16.9. The van der Waals surface area contributed by atoms with Gasteiger partial charge in [-0.3, -0.25) is 0 Å². The number of aromatic nitrogens is 6. The second kappa shape index (κ2) is 5.46. The second-order valence-electron chi connectivity index (χ2n) is 6.15. The van der Waals surface area contributed by atoms with Crippen LogP contribution in [-0.2, 0) is 24.5 Å². The van der Waals surface area contributed by atoms with Crippen molar-refractivity contribution in [2.24, 2.45) is 0 Å². The Morgan fingerprint density at radius 1 is 0.652 bits per heavy atom. The third kappa shape index (κ3) is 2.50. The van der Waals surface area contributed by atoms with Crippen molar-refractivity contribution in [2.75, 3.05) is 0 Å². The zero-order valence-electron chi connectivity index (χ0n) is 14.4. The first-order valence-corrected chi connectivity index (χ1v) is 8.38. The van der Waals surface area contributed by atoms with Crippen LogP contribution in [0.3, 0.4) is 0 Å². The van der Waals surface area contributed by atoms with Crippen LogP contribution >= 0.6 is 0 Å². The first-order chi connectivity index (χ1) is 10.7. The molecule has 6 nitrogen and oxygen atoms in total. The van der Waals surface area contributed by atoms with E-state index in [1.165, 1.54) is 0 Å². The fourth-order valence-corrected chi connectivity index (χ4v) is 4.16. The van der Waals surface area contributed by atoms with E-state index in [9.17, 15) is 0 Å². The first-order valence-electron chi connectivity index (χ1n) is 7.59. The van der Waals surface area contributed by atoms with Gasteiger partial charge in [-0.15, -0.1) is 0 Å². The Bertz CT molecular complexity index is 757. The molecule has 0 radical (unpaired) electrons. The average molecular weight is 345 g/mol. The van der Waals surface area contributed by atoms with E-state index in [0.29, 0.717) is 0 Å². The fourth-order valence-electron chi connectivity index (χ4n) is 3.10. The Kier molecular flexibility index (Phi) is 3.85. The molecule has 3 aromatic heterocycles. The molecule has 0 fully saturated rings. The molecule has 0 N–H and O–H groups in total. The van der Waals surface area contributed by atoms with Gasteiger partial charge in [0, 0.05) is 0 Å². The SMILES string of the molecule is Cc1cc(C)n([C]([Ti])(n2nc(C)cc2C)n2nc(C)cc2C)n1. The molecule has 0 spiro atoms. The standard InChI is InChI=1S/C16H21N6.Ti/c1-10-7-13(4)20(17-10)16(21-14(5)8-11(2)18-21)22-15(6)9-12(3)19-22;/h7-9H,1-6H3;. The third-order valence-corrected chi connectivity index (χ3v) is 4.91. The average Bonchev–Trinajstić information content (AvgIpc) is 3.07. The van der Waals surface area contributed by atoms with E-state index in [4.69, 9.17) is 15.3 Å². The maximum absolute atomic E-state index is 4.73. The molecule has 3 rings (SSSR count). The molecule has 23 heavy (non-hydrogen) atoms. The van der Waals surface area contributed by atoms with Crippen molar-refractivity contribution in [1.82, 2.24) is 29.3 Å². The summed E-state index contributed by atoms with van der Waals surface area (Å²) in [5.41, 5.74) is 6.17. The minimum atomic E-state index is -0.672. The molecule has 7 heteroatoms. The van der Waals surface area contributed by atoms with Crippen molar-refractivity contribution >= 4 is 0 Å². The summed E-state index contributed by atoms with van der Waals surface area (Å²) >= 11 is 2.10.